The lowest BCUT2D eigenvalue weighted by molar-refractivity contribution is -0.140. The van der Waals surface area contributed by atoms with Crippen LogP contribution in [0.15, 0.2) is 24.4 Å². The van der Waals surface area contributed by atoms with Gasteiger partial charge in [-0.15, -0.1) is 0 Å². The molecule has 1 aliphatic heterocycles. The molecule has 0 radical (unpaired) electrons. The smallest absolute Gasteiger partial charge is 0.248 e. The minimum atomic E-state index is -2.59. The molecular formula is C18H25F2N3O. The van der Waals surface area contributed by atoms with Crippen LogP contribution < -0.4 is 4.90 Å². The Morgan fingerprint density at radius 3 is 2.71 bits per heavy atom. The van der Waals surface area contributed by atoms with Crippen molar-refractivity contribution >= 4 is 11.7 Å². The number of anilines is 1. The molecule has 0 spiro atoms. The van der Waals surface area contributed by atoms with Gasteiger partial charge in [0.1, 0.15) is 5.82 Å². The van der Waals surface area contributed by atoms with Gasteiger partial charge in [-0.1, -0.05) is 6.07 Å². The van der Waals surface area contributed by atoms with Gasteiger partial charge in [-0.05, 0) is 37.8 Å². The number of carbonyl (C=O) groups excluding carboxylic acids is 1. The molecule has 0 N–H and O–H groups in total. The summed E-state index contributed by atoms with van der Waals surface area (Å²) in [5, 5.41) is 0. The van der Waals surface area contributed by atoms with Gasteiger partial charge in [-0.2, -0.15) is 0 Å². The second kappa shape index (κ2) is 7.03. The normalized spacial score (nSPS) is 24.6. The van der Waals surface area contributed by atoms with Crippen LogP contribution in [0.4, 0.5) is 14.6 Å². The summed E-state index contributed by atoms with van der Waals surface area (Å²) in [6.07, 6.45) is 4.00. The third-order valence-corrected chi connectivity index (χ3v) is 5.33. The average Bonchev–Trinajstić information content (AvgIpc) is 2.61. The summed E-state index contributed by atoms with van der Waals surface area (Å²) < 4.78 is 26.6. The van der Waals surface area contributed by atoms with Crippen LogP contribution in [0, 0.1) is 5.92 Å². The zero-order chi connectivity index (χ0) is 17.2. The molecule has 1 saturated heterocycles. The summed E-state index contributed by atoms with van der Waals surface area (Å²) in [5.74, 6) is -1.88. The van der Waals surface area contributed by atoms with E-state index >= 15 is 0 Å². The molecule has 6 heteroatoms. The lowest BCUT2D eigenvalue weighted by Gasteiger charge is -2.40. The van der Waals surface area contributed by atoms with Crippen molar-refractivity contribution in [2.75, 3.05) is 25.0 Å². The third kappa shape index (κ3) is 3.84. The molecule has 2 aliphatic rings. The Bertz CT molecular complexity index is 557. The molecule has 1 aliphatic carbocycles. The molecule has 1 aromatic rings. The fourth-order valence-corrected chi connectivity index (χ4v) is 3.77. The highest BCUT2D eigenvalue weighted by Gasteiger charge is 2.39. The van der Waals surface area contributed by atoms with Crippen molar-refractivity contribution < 1.29 is 13.6 Å². The molecule has 1 aromatic heterocycles. The van der Waals surface area contributed by atoms with E-state index in [9.17, 15) is 13.6 Å². The van der Waals surface area contributed by atoms with Crippen LogP contribution in [0.2, 0.25) is 0 Å². The maximum Gasteiger partial charge on any atom is 0.248 e. The average molecular weight is 337 g/mol. The van der Waals surface area contributed by atoms with Gasteiger partial charge in [0.25, 0.3) is 0 Å². The molecule has 1 atom stereocenters. The van der Waals surface area contributed by atoms with Crippen molar-refractivity contribution in [2.24, 2.45) is 5.92 Å². The van der Waals surface area contributed by atoms with Crippen LogP contribution in [0.5, 0.6) is 0 Å². The second-order valence-corrected chi connectivity index (χ2v) is 7.01. The Morgan fingerprint density at radius 2 is 2.04 bits per heavy atom. The van der Waals surface area contributed by atoms with E-state index in [1.807, 2.05) is 25.2 Å². The fourth-order valence-electron chi connectivity index (χ4n) is 3.77. The van der Waals surface area contributed by atoms with Gasteiger partial charge in [0.2, 0.25) is 11.8 Å². The van der Waals surface area contributed by atoms with Gasteiger partial charge in [0.15, 0.2) is 0 Å². The Kier molecular flexibility index (Phi) is 5.01. The monoisotopic (exact) mass is 337 g/mol. The second-order valence-electron chi connectivity index (χ2n) is 7.01. The van der Waals surface area contributed by atoms with Gasteiger partial charge in [-0.3, -0.25) is 4.79 Å². The van der Waals surface area contributed by atoms with Crippen LogP contribution in [0.25, 0.3) is 0 Å². The number of pyridine rings is 1. The minimum absolute atomic E-state index is 0.0263. The molecule has 0 bridgehead atoms. The van der Waals surface area contributed by atoms with Crippen LogP contribution in [0.1, 0.15) is 38.5 Å². The number of alkyl halides is 2. The molecular weight excluding hydrogens is 312 g/mol. The molecule has 2 fully saturated rings. The van der Waals surface area contributed by atoms with Crippen LogP contribution in [-0.2, 0) is 4.79 Å². The number of aromatic nitrogens is 1. The van der Waals surface area contributed by atoms with Crippen molar-refractivity contribution in [1.29, 1.82) is 0 Å². The predicted molar refractivity (Wildman–Crippen MR) is 89.1 cm³/mol. The highest BCUT2D eigenvalue weighted by molar-refractivity contribution is 5.79. The number of carbonyl (C=O) groups is 1. The van der Waals surface area contributed by atoms with Crippen molar-refractivity contribution in [2.45, 2.75) is 50.5 Å². The zero-order valence-corrected chi connectivity index (χ0v) is 14.1. The van der Waals surface area contributed by atoms with Crippen molar-refractivity contribution in [3.8, 4) is 0 Å². The van der Waals surface area contributed by atoms with Gasteiger partial charge < -0.3 is 9.80 Å². The van der Waals surface area contributed by atoms with E-state index in [-0.39, 0.29) is 30.7 Å². The maximum atomic E-state index is 13.3. The van der Waals surface area contributed by atoms with E-state index in [0.717, 1.165) is 31.7 Å². The summed E-state index contributed by atoms with van der Waals surface area (Å²) in [6, 6.07) is 5.95. The van der Waals surface area contributed by atoms with Crippen LogP contribution in [-0.4, -0.2) is 47.9 Å². The van der Waals surface area contributed by atoms with Crippen molar-refractivity contribution in [3.05, 3.63) is 24.4 Å². The molecule has 1 saturated carbocycles. The number of nitrogens with zero attached hydrogens (tertiary/aromatic N) is 3. The maximum absolute atomic E-state index is 13.3. The molecule has 1 amide bonds. The van der Waals surface area contributed by atoms with Gasteiger partial charge >= 0.3 is 0 Å². The lowest BCUT2D eigenvalue weighted by atomic mass is 9.85. The molecule has 0 aromatic carbocycles. The Hall–Kier alpha value is -1.72. The van der Waals surface area contributed by atoms with Gasteiger partial charge in [-0.25, -0.2) is 13.8 Å². The van der Waals surface area contributed by atoms with Gasteiger partial charge in [0, 0.05) is 51.1 Å². The number of hydrogen-bond acceptors (Lipinski definition) is 3. The summed E-state index contributed by atoms with van der Waals surface area (Å²) >= 11 is 0. The highest BCUT2D eigenvalue weighted by Crippen LogP contribution is 2.37. The Morgan fingerprint density at radius 1 is 1.29 bits per heavy atom. The van der Waals surface area contributed by atoms with Gasteiger partial charge in [0.05, 0.1) is 0 Å². The topological polar surface area (TPSA) is 36.4 Å². The minimum Gasteiger partial charge on any atom is -0.355 e. The first-order valence-electron chi connectivity index (χ1n) is 8.77. The number of piperidine rings is 1. The predicted octanol–water partition coefficient (Wildman–Crippen LogP) is 3.33. The van der Waals surface area contributed by atoms with E-state index in [4.69, 9.17) is 0 Å². The number of amides is 1. The first kappa shape index (κ1) is 17.1. The van der Waals surface area contributed by atoms with Crippen LogP contribution in [0.3, 0.4) is 0 Å². The van der Waals surface area contributed by atoms with E-state index in [2.05, 4.69) is 9.88 Å². The molecule has 3 rings (SSSR count). The van der Waals surface area contributed by atoms with E-state index in [0.29, 0.717) is 12.8 Å². The summed E-state index contributed by atoms with van der Waals surface area (Å²) in [5.41, 5.74) is 0. The quantitative estimate of drug-likeness (QED) is 0.849. The van der Waals surface area contributed by atoms with Crippen LogP contribution >= 0.6 is 0 Å². The van der Waals surface area contributed by atoms with E-state index < -0.39 is 5.92 Å². The number of likely N-dealkylation sites (N-methyl/N-ethyl adjacent to an activating group) is 1. The summed E-state index contributed by atoms with van der Waals surface area (Å²) in [7, 11) is 1.82. The fraction of sp³-hybridized carbons (Fsp3) is 0.667. The number of halogens is 2. The molecule has 24 heavy (non-hydrogen) atoms. The molecule has 4 nitrogen and oxygen atoms in total. The standard InChI is InChI=1S/C18H25F2N3O/c1-22(17(24)14-7-9-18(19,20)10-8-14)15-5-4-12-23(13-15)16-6-2-3-11-21-16/h2-3,6,11,14-15H,4-5,7-10,12-13H2,1H3. The molecule has 2 heterocycles. The Labute approximate surface area is 141 Å². The molecule has 1 unspecified atom stereocenters. The first-order chi connectivity index (χ1) is 11.5. The SMILES string of the molecule is CN(C(=O)C1CCC(F)(F)CC1)C1CCCN(c2ccccn2)C1. The number of hydrogen-bond donors (Lipinski definition) is 0. The number of rotatable bonds is 3. The third-order valence-electron chi connectivity index (χ3n) is 5.33. The Balaban J connectivity index is 1.60. The zero-order valence-electron chi connectivity index (χ0n) is 14.1. The van der Waals surface area contributed by atoms with Crippen molar-refractivity contribution in [3.63, 3.8) is 0 Å². The van der Waals surface area contributed by atoms with Crippen molar-refractivity contribution in [1.82, 2.24) is 9.88 Å². The largest absolute Gasteiger partial charge is 0.355 e. The molecule has 132 valence electrons. The summed E-state index contributed by atoms with van der Waals surface area (Å²) in [6.45, 7) is 1.69. The van der Waals surface area contributed by atoms with E-state index in [1.54, 1.807) is 11.1 Å². The van der Waals surface area contributed by atoms with E-state index in [1.165, 1.54) is 0 Å². The summed E-state index contributed by atoms with van der Waals surface area (Å²) in [4.78, 5) is 21.1. The highest BCUT2D eigenvalue weighted by atomic mass is 19.3. The lowest BCUT2D eigenvalue weighted by Crippen LogP contribution is -2.50. The first-order valence-corrected chi connectivity index (χ1v) is 8.77.